The van der Waals surface area contributed by atoms with Crippen molar-refractivity contribution in [2.24, 2.45) is 9.98 Å². The van der Waals surface area contributed by atoms with Gasteiger partial charge < -0.3 is 10.1 Å². The second-order valence-corrected chi connectivity index (χ2v) is 8.75. The van der Waals surface area contributed by atoms with E-state index in [2.05, 4.69) is 17.2 Å². The van der Waals surface area contributed by atoms with Gasteiger partial charge in [-0.3, -0.25) is 9.79 Å². The minimum Gasteiger partial charge on any atom is -0.494 e. The Labute approximate surface area is 187 Å². The molecule has 1 aliphatic rings. The highest BCUT2D eigenvalue weighted by Gasteiger charge is 2.28. The molecule has 5 nitrogen and oxygen atoms in total. The number of hydrogen-bond donors (Lipinski definition) is 1. The van der Waals surface area contributed by atoms with Gasteiger partial charge in [0, 0.05) is 12.1 Å². The molecular formula is C24H28FN3O2S. The van der Waals surface area contributed by atoms with Crippen molar-refractivity contribution in [2.45, 2.75) is 45.8 Å². The fourth-order valence-corrected chi connectivity index (χ4v) is 3.93. The van der Waals surface area contributed by atoms with Crippen LogP contribution >= 0.6 is 11.8 Å². The van der Waals surface area contributed by atoms with Gasteiger partial charge in [0.2, 0.25) is 5.91 Å². The summed E-state index contributed by atoms with van der Waals surface area (Å²) in [6.07, 6.45) is 2.12. The second-order valence-electron chi connectivity index (χ2n) is 7.79. The molecule has 0 fully saturated rings. The molecule has 0 aromatic heterocycles. The van der Waals surface area contributed by atoms with Crippen LogP contribution in [0.2, 0.25) is 0 Å². The second kappa shape index (κ2) is 10.6. The number of benzene rings is 2. The van der Waals surface area contributed by atoms with Crippen LogP contribution < -0.4 is 10.1 Å². The Morgan fingerprint density at radius 3 is 2.48 bits per heavy atom. The van der Waals surface area contributed by atoms with Crippen LogP contribution in [0.1, 0.15) is 44.7 Å². The lowest BCUT2D eigenvalue weighted by molar-refractivity contribution is -0.118. The van der Waals surface area contributed by atoms with E-state index in [-0.39, 0.29) is 17.5 Å². The Morgan fingerprint density at radius 2 is 1.81 bits per heavy atom. The standard InChI is InChI=1S/C24H28FN3O2S/c1-4-5-14-30-20-12-8-18(9-13-20)22-23(28-24(2,3)27-22)31-16-21(29)26-15-17-6-10-19(25)11-7-17/h6-13H,4-5,14-16H2,1-3H3,(H,26,29). The van der Waals surface area contributed by atoms with Gasteiger partial charge in [-0.2, -0.15) is 0 Å². The number of carbonyl (C=O) groups excluding carboxylic acids is 1. The number of hydrogen-bond acceptors (Lipinski definition) is 5. The van der Waals surface area contributed by atoms with Crippen molar-refractivity contribution in [3.05, 3.63) is 65.5 Å². The first-order valence-corrected chi connectivity index (χ1v) is 11.4. The molecular weight excluding hydrogens is 413 g/mol. The smallest absolute Gasteiger partial charge is 0.230 e. The lowest BCUT2D eigenvalue weighted by Gasteiger charge is -2.09. The molecule has 0 saturated carbocycles. The molecule has 0 unspecified atom stereocenters. The number of aliphatic imine (C=N–C) groups is 2. The molecule has 0 radical (unpaired) electrons. The fourth-order valence-electron chi connectivity index (χ4n) is 2.97. The van der Waals surface area contributed by atoms with Crippen molar-refractivity contribution < 1.29 is 13.9 Å². The molecule has 164 valence electrons. The van der Waals surface area contributed by atoms with Crippen molar-refractivity contribution in [1.29, 1.82) is 0 Å². The van der Waals surface area contributed by atoms with Crippen LogP contribution in [0.15, 0.2) is 58.5 Å². The van der Waals surface area contributed by atoms with Gasteiger partial charge in [0.1, 0.15) is 22.3 Å². The molecule has 0 atom stereocenters. The van der Waals surface area contributed by atoms with E-state index in [9.17, 15) is 9.18 Å². The third-order valence-corrected chi connectivity index (χ3v) is 5.57. The summed E-state index contributed by atoms with van der Waals surface area (Å²) in [4.78, 5) is 21.7. The Morgan fingerprint density at radius 1 is 1.10 bits per heavy atom. The number of ether oxygens (including phenoxy) is 1. The highest BCUT2D eigenvalue weighted by atomic mass is 32.2. The minimum absolute atomic E-state index is 0.110. The van der Waals surface area contributed by atoms with E-state index in [4.69, 9.17) is 9.73 Å². The highest BCUT2D eigenvalue weighted by molar-refractivity contribution is 8.16. The SMILES string of the molecule is CCCCOc1ccc(C2=NC(C)(C)N=C2SCC(=O)NCc2ccc(F)cc2)cc1. The molecule has 0 aliphatic carbocycles. The van der Waals surface area contributed by atoms with Crippen LogP contribution in [0.4, 0.5) is 4.39 Å². The van der Waals surface area contributed by atoms with Crippen LogP contribution in [0, 0.1) is 5.82 Å². The number of halogens is 1. The summed E-state index contributed by atoms with van der Waals surface area (Å²) in [6, 6.07) is 13.9. The van der Waals surface area contributed by atoms with Gasteiger partial charge in [-0.25, -0.2) is 9.38 Å². The normalized spacial score (nSPS) is 14.7. The molecule has 1 amide bonds. The van der Waals surface area contributed by atoms with Crippen molar-refractivity contribution in [3.63, 3.8) is 0 Å². The predicted molar refractivity (Wildman–Crippen MR) is 126 cm³/mol. The zero-order valence-electron chi connectivity index (χ0n) is 18.2. The van der Waals surface area contributed by atoms with E-state index in [0.717, 1.165) is 40.5 Å². The van der Waals surface area contributed by atoms with Crippen molar-refractivity contribution in [1.82, 2.24) is 5.32 Å². The van der Waals surface area contributed by atoms with E-state index < -0.39 is 5.66 Å². The van der Waals surface area contributed by atoms with Gasteiger partial charge in [-0.15, -0.1) is 0 Å². The Hall–Kier alpha value is -2.67. The molecule has 0 spiro atoms. The Balaban J connectivity index is 1.57. The Bertz CT molecular complexity index is 954. The van der Waals surface area contributed by atoms with Gasteiger partial charge >= 0.3 is 0 Å². The number of unbranched alkanes of at least 4 members (excludes halogenated alkanes) is 1. The first kappa shape index (κ1) is 23.0. The fraction of sp³-hybridized carbons (Fsp3) is 0.375. The lowest BCUT2D eigenvalue weighted by Crippen LogP contribution is -2.25. The van der Waals surface area contributed by atoms with Gasteiger partial charge in [0.15, 0.2) is 0 Å². The van der Waals surface area contributed by atoms with Crippen molar-refractivity contribution >= 4 is 28.4 Å². The maximum absolute atomic E-state index is 13.0. The summed E-state index contributed by atoms with van der Waals surface area (Å²) in [6.45, 7) is 7.08. The zero-order valence-corrected chi connectivity index (χ0v) is 19.0. The quantitative estimate of drug-likeness (QED) is 0.558. The molecule has 7 heteroatoms. The van der Waals surface area contributed by atoms with Crippen molar-refractivity contribution in [2.75, 3.05) is 12.4 Å². The molecule has 2 aromatic carbocycles. The molecule has 1 heterocycles. The third kappa shape index (κ3) is 6.92. The van der Waals surface area contributed by atoms with Gasteiger partial charge in [-0.1, -0.05) is 37.2 Å². The maximum Gasteiger partial charge on any atom is 0.230 e. The minimum atomic E-state index is -0.557. The summed E-state index contributed by atoms with van der Waals surface area (Å²) < 4.78 is 18.7. The van der Waals surface area contributed by atoms with Gasteiger partial charge in [0.05, 0.1) is 18.1 Å². The van der Waals surface area contributed by atoms with Crippen LogP contribution in [-0.4, -0.2) is 34.7 Å². The van der Waals surface area contributed by atoms with E-state index in [0.29, 0.717) is 13.2 Å². The first-order chi connectivity index (χ1) is 14.9. The number of rotatable bonds is 9. The van der Waals surface area contributed by atoms with Crippen LogP contribution in [-0.2, 0) is 11.3 Å². The van der Waals surface area contributed by atoms with E-state index in [1.807, 2.05) is 38.1 Å². The zero-order chi connectivity index (χ0) is 22.3. The summed E-state index contributed by atoms with van der Waals surface area (Å²) in [5, 5.41) is 3.61. The molecule has 0 saturated heterocycles. The molecule has 0 bridgehead atoms. The molecule has 31 heavy (non-hydrogen) atoms. The van der Waals surface area contributed by atoms with Crippen LogP contribution in [0.3, 0.4) is 0 Å². The first-order valence-electron chi connectivity index (χ1n) is 10.4. The molecule has 2 aromatic rings. The molecule has 1 N–H and O–H groups in total. The summed E-state index contributed by atoms with van der Waals surface area (Å²) in [5.41, 5.74) is 2.04. The molecule has 1 aliphatic heterocycles. The van der Waals surface area contributed by atoms with Crippen LogP contribution in [0.25, 0.3) is 0 Å². The number of thioether (sulfide) groups is 1. The predicted octanol–water partition coefficient (Wildman–Crippen LogP) is 4.99. The summed E-state index contributed by atoms with van der Waals surface area (Å²) in [7, 11) is 0. The third-order valence-electron chi connectivity index (χ3n) is 4.60. The topological polar surface area (TPSA) is 63.1 Å². The lowest BCUT2D eigenvalue weighted by atomic mass is 10.1. The number of amides is 1. The Kier molecular flexibility index (Phi) is 7.85. The van der Waals surface area contributed by atoms with Crippen molar-refractivity contribution in [3.8, 4) is 5.75 Å². The van der Waals surface area contributed by atoms with E-state index >= 15 is 0 Å². The highest BCUT2D eigenvalue weighted by Crippen LogP contribution is 2.27. The van der Waals surface area contributed by atoms with Gasteiger partial charge in [-0.05, 0) is 62.2 Å². The van der Waals surface area contributed by atoms with Crippen LogP contribution in [0.5, 0.6) is 5.75 Å². The summed E-state index contributed by atoms with van der Waals surface area (Å²) >= 11 is 1.37. The van der Waals surface area contributed by atoms with E-state index in [1.165, 1.54) is 23.9 Å². The number of nitrogens with one attached hydrogen (secondary N) is 1. The summed E-state index contributed by atoms with van der Waals surface area (Å²) in [5.74, 6) is 0.662. The maximum atomic E-state index is 13.0. The average molecular weight is 442 g/mol. The van der Waals surface area contributed by atoms with E-state index in [1.54, 1.807) is 12.1 Å². The number of nitrogens with zero attached hydrogens (tertiary/aromatic N) is 2. The van der Waals surface area contributed by atoms with Gasteiger partial charge in [0.25, 0.3) is 0 Å². The number of carbonyl (C=O) groups is 1. The molecule has 3 rings (SSSR count). The largest absolute Gasteiger partial charge is 0.494 e. The monoisotopic (exact) mass is 441 g/mol. The average Bonchev–Trinajstić information content (AvgIpc) is 3.07.